The molecule has 1 aromatic rings. The van der Waals surface area contributed by atoms with Gasteiger partial charge in [-0.15, -0.1) is 0 Å². The molecule has 6 nitrogen and oxygen atoms in total. The van der Waals surface area contributed by atoms with Crippen molar-refractivity contribution in [3.8, 4) is 0 Å². The first-order valence-corrected chi connectivity index (χ1v) is 3.67. The van der Waals surface area contributed by atoms with Crippen molar-refractivity contribution in [3.63, 3.8) is 0 Å². The van der Waals surface area contributed by atoms with Gasteiger partial charge in [0.2, 0.25) is 0 Å². The van der Waals surface area contributed by atoms with Gasteiger partial charge in [-0.05, 0) is 18.2 Å². The predicted octanol–water partition coefficient (Wildman–Crippen LogP) is 0.784. The van der Waals surface area contributed by atoms with E-state index in [-0.39, 0.29) is 17.6 Å². The van der Waals surface area contributed by atoms with Gasteiger partial charge in [-0.25, -0.2) is 9.59 Å². The maximum absolute atomic E-state index is 10.4. The van der Waals surface area contributed by atoms with Crippen LogP contribution in [0.4, 0.5) is 0 Å². The lowest BCUT2D eigenvalue weighted by Gasteiger charge is -1.95. The zero-order chi connectivity index (χ0) is 11.8. The Labute approximate surface area is 84.4 Å². The van der Waals surface area contributed by atoms with Gasteiger partial charge in [-0.1, -0.05) is 6.07 Å². The largest absolute Gasteiger partial charge is 0.483 e. The van der Waals surface area contributed by atoms with Crippen molar-refractivity contribution in [2.75, 3.05) is 0 Å². The number of hydrogen-bond donors (Lipinski definition) is 3. The third-order valence-corrected chi connectivity index (χ3v) is 1.36. The predicted molar refractivity (Wildman–Crippen MR) is 49.1 cm³/mol. The fraction of sp³-hybridized carbons (Fsp3) is 0. The molecule has 0 saturated carbocycles. The molecular weight excluding hydrogens is 204 g/mol. The minimum atomic E-state index is -1.13. The molecule has 0 aromatic heterocycles. The van der Waals surface area contributed by atoms with Crippen molar-refractivity contribution < 1.29 is 29.7 Å². The van der Waals surface area contributed by atoms with E-state index in [1.807, 2.05) is 0 Å². The number of benzene rings is 1. The maximum atomic E-state index is 10.4. The number of carboxylic acid groups (broad SMARTS) is 3. The molecule has 0 unspecified atom stereocenters. The van der Waals surface area contributed by atoms with Crippen LogP contribution in [0.15, 0.2) is 24.3 Å². The molecule has 0 heterocycles. The highest BCUT2D eigenvalue weighted by atomic mass is 16.4. The van der Waals surface area contributed by atoms with Gasteiger partial charge < -0.3 is 15.3 Å². The van der Waals surface area contributed by atoms with Gasteiger partial charge in [-0.3, -0.25) is 4.79 Å². The number of carbonyl (C=O) groups is 3. The second kappa shape index (κ2) is 6.14. The summed E-state index contributed by atoms with van der Waals surface area (Å²) in [5, 5.41) is 23.9. The molecule has 0 amide bonds. The first-order valence-electron chi connectivity index (χ1n) is 3.67. The highest BCUT2D eigenvalue weighted by molar-refractivity contribution is 5.93. The van der Waals surface area contributed by atoms with Crippen LogP contribution < -0.4 is 0 Å². The minimum Gasteiger partial charge on any atom is -0.483 e. The van der Waals surface area contributed by atoms with E-state index in [0.29, 0.717) is 0 Å². The summed E-state index contributed by atoms with van der Waals surface area (Å²) in [5.74, 6) is -2.25. The topological polar surface area (TPSA) is 112 Å². The lowest BCUT2D eigenvalue weighted by molar-refractivity contribution is -0.122. The second-order valence-corrected chi connectivity index (χ2v) is 2.30. The SMILES string of the molecule is O=C(O)c1cccc(C(=O)O)c1.O=CO. The van der Waals surface area contributed by atoms with Gasteiger partial charge >= 0.3 is 11.9 Å². The van der Waals surface area contributed by atoms with E-state index in [1.54, 1.807) is 0 Å². The van der Waals surface area contributed by atoms with Crippen molar-refractivity contribution in [2.45, 2.75) is 0 Å². The fourth-order valence-corrected chi connectivity index (χ4v) is 0.785. The van der Waals surface area contributed by atoms with Crippen LogP contribution in [0.5, 0.6) is 0 Å². The quantitative estimate of drug-likeness (QED) is 0.624. The third kappa shape index (κ3) is 4.41. The lowest BCUT2D eigenvalue weighted by atomic mass is 10.1. The summed E-state index contributed by atoms with van der Waals surface area (Å²) in [5.41, 5.74) is -0.0372. The van der Waals surface area contributed by atoms with Gasteiger partial charge in [0.1, 0.15) is 0 Å². The van der Waals surface area contributed by atoms with Crippen LogP contribution in [0.1, 0.15) is 20.7 Å². The van der Waals surface area contributed by atoms with E-state index in [0.717, 1.165) is 6.07 Å². The fourth-order valence-electron chi connectivity index (χ4n) is 0.785. The van der Waals surface area contributed by atoms with E-state index >= 15 is 0 Å². The van der Waals surface area contributed by atoms with Gasteiger partial charge in [-0.2, -0.15) is 0 Å². The monoisotopic (exact) mass is 212 g/mol. The molecule has 0 aliphatic heterocycles. The van der Waals surface area contributed by atoms with Crippen LogP contribution in [0.2, 0.25) is 0 Å². The van der Waals surface area contributed by atoms with Crippen molar-refractivity contribution in [2.24, 2.45) is 0 Å². The Morgan fingerprint density at radius 3 is 1.67 bits per heavy atom. The smallest absolute Gasteiger partial charge is 0.335 e. The Morgan fingerprint density at radius 2 is 1.40 bits per heavy atom. The maximum Gasteiger partial charge on any atom is 0.335 e. The van der Waals surface area contributed by atoms with Crippen LogP contribution in [-0.4, -0.2) is 33.7 Å². The van der Waals surface area contributed by atoms with Crippen LogP contribution in [0.3, 0.4) is 0 Å². The zero-order valence-electron chi connectivity index (χ0n) is 7.45. The molecule has 0 aliphatic carbocycles. The van der Waals surface area contributed by atoms with Gasteiger partial charge in [0, 0.05) is 0 Å². The third-order valence-electron chi connectivity index (χ3n) is 1.36. The molecule has 0 saturated heterocycles. The number of carboxylic acids is 2. The van der Waals surface area contributed by atoms with Crippen LogP contribution in [0, 0.1) is 0 Å². The Morgan fingerprint density at radius 1 is 1.07 bits per heavy atom. The Balaban J connectivity index is 0.000000583. The first kappa shape index (κ1) is 12.6. The van der Waals surface area contributed by atoms with E-state index in [4.69, 9.17) is 20.1 Å². The summed E-state index contributed by atoms with van der Waals surface area (Å²) in [6, 6.07) is 5.20. The minimum absolute atomic E-state index is 0.0186. The Hall–Kier alpha value is -2.37. The summed E-state index contributed by atoms with van der Waals surface area (Å²) >= 11 is 0. The average Bonchev–Trinajstić information content (AvgIpc) is 2.19. The molecule has 0 radical (unpaired) electrons. The second-order valence-electron chi connectivity index (χ2n) is 2.30. The van der Waals surface area contributed by atoms with E-state index < -0.39 is 11.9 Å². The van der Waals surface area contributed by atoms with E-state index in [2.05, 4.69) is 0 Å². The lowest BCUT2D eigenvalue weighted by Crippen LogP contribution is -2.01. The molecule has 0 spiro atoms. The standard InChI is InChI=1S/C8H6O4.CH2O2/c9-7(10)5-2-1-3-6(4-5)8(11)12;2-1-3/h1-4H,(H,9,10)(H,11,12);1H,(H,2,3). The normalized spacial score (nSPS) is 8.27. The van der Waals surface area contributed by atoms with Crippen LogP contribution in [-0.2, 0) is 4.79 Å². The first-order chi connectivity index (χ1) is 7.02. The van der Waals surface area contributed by atoms with Crippen molar-refractivity contribution >= 4 is 18.4 Å². The molecule has 1 rings (SSSR count). The van der Waals surface area contributed by atoms with Crippen molar-refractivity contribution in [1.29, 1.82) is 0 Å². The molecule has 1 aromatic carbocycles. The van der Waals surface area contributed by atoms with Crippen molar-refractivity contribution in [1.82, 2.24) is 0 Å². The summed E-state index contributed by atoms with van der Waals surface area (Å²) in [6.45, 7) is -0.250. The molecule has 0 bridgehead atoms. The number of hydrogen-bond acceptors (Lipinski definition) is 3. The highest BCUT2D eigenvalue weighted by Crippen LogP contribution is 2.04. The van der Waals surface area contributed by atoms with Crippen LogP contribution in [0.25, 0.3) is 0 Å². The number of aromatic carboxylic acids is 2. The highest BCUT2D eigenvalue weighted by Gasteiger charge is 2.06. The molecule has 3 N–H and O–H groups in total. The van der Waals surface area contributed by atoms with Gasteiger partial charge in [0.25, 0.3) is 6.47 Å². The Bertz CT molecular complexity index is 341. The zero-order valence-corrected chi connectivity index (χ0v) is 7.45. The van der Waals surface area contributed by atoms with E-state index in [1.165, 1.54) is 18.2 Å². The van der Waals surface area contributed by atoms with E-state index in [9.17, 15) is 9.59 Å². The molecule has 6 heteroatoms. The Kier molecular flexibility index (Phi) is 5.17. The summed E-state index contributed by atoms with van der Waals surface area (Å²) < 4.78 is 0. The summed E-state index contributed by atoms with van der Waals surface area (Å²) in [6.07, 6.45) is 0. The molecular formula is C9H8O6. The number of rotatable bonds is 2. The van der Waals surface area contributed by atoms with Crippen LogP contribution >= 0.6 is 0 Å². The van der Waals surface area contributed by atoms with Gasteiger partial charge in [0.15, 0.2) is 0 Å². The molecule has 0 aliphatic rings. The summed E-state index contributed by atoms with van der Waals surface area (Å²) in [4.78, 5) is 29.1. The van der Waals surface area contributed by atoms with Gasteiger partial charge in [0.05, 0.1) is 11.1 Å². The molecule has 15 heavy (non-hydrogen) atoms. The summed E-state index contributed by atoms with van der Waals surface area (Å²) in [7, 11) is 0. The molecule has 0 atom stereocenters. The van der Waals surface area contributed by atoms with Crippen molar-refractivity contribution in [3.05, 3.63) is 35.4 Å². The average molecular weight is 212 g/mol. The molecule has 0 fully saturated rings. The molecule has 80 valence electrons.